The molecule has 9 heteroatoms. The second-order valence-electron chi connectivity index (χ2n) is 7.39. The Kier molecular flexibility index (Phi) is 8.44. The molecule has 1 N–H and O–H groups in total. The van der Waals surface area contributed by atoms with Crippen LogP contribution in [0.1, 0.15) is 28.8 Å². The summed E-state index contributed by atoms with van der Waals surface area (Å²) in [5.41, 5.74) is 1.15. The number of alkyl carbamates (subject to hydrolysis) is 1. The molecule has 0 aromatic heterocycles. The monoisotopic (exact) mass is 461 g/mol. The maximum absolute atomic E-state index is 13.2. The Hall–Kier alpha value is -3.13. The van der Waals surface area contributed by atoms with Gasteiger partial charge in [-0.1, -0.05) is 41.9 Å². The van der Waals surface area contributed by atoms with Gasteiger partial charge < -0.3 is 19.9 Å². The first-order chi connectivity index (χ1) is 15.4. The van der Waals surface area contributed by atoms with E-state index in [0.717, 1.165) is 11.6 Å². The highest BCUT2D eigenvalue weighted by Gasteiger charge is 2.25. The lowest BCUT2D eigenvalue weighted by Crippen LogP contribution is -2.50. The quantitative estimate of drug-likeness (QED) is 0.640. The Bertz CT molecular complexity index is 950. The molecule has 2 aromatic carbocycles. The minimum Gasteiger partial charge on any atom is -0.445 e. The van der Waals surface area contributed by atoms with Crippen molar-refractivity contribution < 1.29 is 23.5 Å². The van der Waals surface area contributed by atoms with Crippen molar-refractivity contribution in [1.29, 1.82) is 0 Å². The molecular formula is C23H25ClFN3O4. The van der Waals surface area contributed by atoms with Gasteiger partial charge in [-0.05, 0) is 30.2 Å². The van der Waals surface area contributed by atoms with E-state index >= 15 is 0 Å². The number of halogens is 2. The summed E-state index contributed by atoms with van der Waals surface area (Å²) in [7, 11) is 0. The Labute approximate surface area is 191 Å². The van der Waals surface area contributed by atoms with Gasteiger partial charge in [-0.3, -0.25) is 9.59 Å². The largest absolute Gasteiger partial charge is 0.445 e. The van der Waals surface area contributed by atoms with Gasteiger partial charge in [-0.2, -0.15) is 0 Å². The zero-order valence-corrected chi connectivity index (χ0v) is 18.3. The molecule has 1 saturated heterocycles. The van der Waals surface area contributed by atoms with Crippen LogP contribution in [0.4, 0.5) is 9.18 Å². The molecule has 170 valence electrons. The number of piperazine rings is 1. The van der Waals surface area contributed by atoms with Crippen molar-refractivity contribution in [2.75, 3.05) is 32.7 Å². The van der Waals surface area contributed by atoms with Crippen LogP contribution in [0.5, 0.6) is 0 Å². The van der Waals surface area contributed by atoms with Gasteiger partial charge in [0.1, 0.15) is 12.4 Å². The van der Waals surface area contributed by atoms with Crippen molar-refractivity contribution in [2.45, 2.75) is 19.4 Å². The van der Waals surface area contributed by atoms with Gasteiger partial charge in [0, 0.05) is 39.1 Å². The number of hydrogen-bond acceptors (Lipinski definition) is 4. The third kappa shape index (κ3) is 6.68. The lowest BCUT2D eigenvalue weighted by Gasteiger charge is -2.35. The predicted molar refractivity (Wildman–Crippen MR) is 118 cm³/mol. The third-order valence-corrected chi connectivity index (χ3v) is 5.44. The number of nitrogens with zero attached hydrogens (tertiary/aromatic N) is 2. The van der Waals surface area contributed by atoms with E-state index in [1.54, 1.807) is 9.80 Å². The highest BCUT2D eigenvalue weighted by molar-refractivity contribution is 6.33. The number of carbonyl (C=O) groups excluding carboxylic acids is 3. The van der Waals surface area contributed by atoms with E-state index in [9.17, 15) is 18.8 Å². The molecule has 0 saturated carbocycles. The molecule has 0 bridgehead atoms. The number of hydrogen-bond donors (Lipinski definition) is 1. The smallest absolute Gasteiger partial charge is 0.407 e. The van der Waals surface area contributed by atoms with Crippen LogP contribution in [0.15, 0.2) is 48.5 Å². The summed E-state index contributed by atoms with van der Waals surface area (Å²) in [5, 5.41) is 2.71. The van der Waals surface area contributed by atoms with Crippen molar-refractivity contribution >= 4 is 29.5 Å². The molecule has 2 aromatic rings. The van der Waals surface area contributed by atoms with Gasteiger partial charge in [0.25, 0.3) is 5.91 Å². The third-order valence-electron chi connectivity index (χ3n) is 5.13. The Morgan fingerprint density at radius 2 is 1.69 bits per heavy atom. The molecule has 3 amide bonds. The first-order valence-electron chi connectivity index (χ1n) is 10.4. The van der Waals surface area contributed by atoms with Crippen molar-refractivity contribution in [1.82, 2.24) is 15.1 Å². The molecule has 0 spiro atoms. The highest BCUT2D eigenvalue weighted by atomic mass is 35.5. The average molecular weight is 462 g/mol. The minimum absolute atomic E-state index is 0.0311. The molecule has 0 aliphatic carbocycles. The summed E-state index contributed by atoms with van der Waals surface area (Å²) in [6, 6.07) is 13.0. The lowest BCUT2D eigenvalue weighted by atomic mass is 10.1. The molecule has 1 heterocycles. The molecule has 0 radical (unpaired) electrons. The number of ether oxygens (including phenoxy) is 1. The molecule has 1 aliphatic heterocycles. The molecule has 1 aliphatic rings. The Balaban J connectivity index is 1.33. The maximum atomic E-state index is 13.2. The number of rotatable bonds is 7. The fourth-order valence-electron chi connectivity index (χ4n) is 3.35. The minimum atomic E-state index is -0.520. The normalized spacial score (nSPS) is 13.6. The van der Waals surface area contributed by atoms with E-state index in [2.05, 4.69) is 5.32 Å². The zero-order valence-electron chi connectivity index (χ0n) is 17.6. The van der Waals surface area contributed by atoms with Gasteiger partial charge in [0.05, 0.1) is 10.6 Å². The van der Waals surface area contributed by atoms with E-state index in [1.807, 2.05) is 30.3 Å². The van der Waals surface area contributed by atoms with Gasteiger partial charge in [-0.15, -0.1) is 0 Å². The predicted octanol–water partition coefficient (Wildman–Crippen LogP) is 3.47. The summed E-state index contributed by atoms with van der Waals surface area (Å²) in [6.07, 6.45) is 0.258. The van der Waals surface area contributed by atoms with E-state index in [0.29, 0.717) is 39.1 Å². The Morgan fingerprint density at radius 1 is 1.00 bits per heavy atom. The van der Waals surface area contributed by atoms with Crippen LogP contribution in [-0.4, -0.2) is 60.4 Å². The van der Waals surface area contributed by atoms with Crippen LogP contribution in [-0.2, 0) is 16.1 Å². The molecule has 7 nitrogen and oxygen atoms in total. The second kappa shape index (κ2) is 11.5. The summed E-state index contributed by atoms with van der Waals surface area (Å²) in [4.78, 5) is 40.0. The highest BCUT2D eigenvalue weighted by Crippen LogP contribution is 2.20. The number of benzene rings is 2. The Morgan fingerprint density at radius 3 is 2.38 bits per heavy atom. The summed E-state index contributed by atoms with van der Waals surface area (Å²) in [6.45, 7) is 2.11. The maximum Gasteiger partial charge on any atom is 0.407 e. The fraction of sp³-hybridized carbons (Fsp3) is 0.348. The SMILES string of the molecule is O=C(NCCCC(=O)N1CCN(C(=O)c2ccc(F)cc2Cl)CC1)OCc1ccccc1. The zero-order chi connectivity index (χ0) is 22.9. The first-order valence-corrected chi connectivity index (χ1v) is 10.8. The van der Waals surface area contributed by atoms with E-state index in [1.165, 1.54) is 12.1 Å². The van der Waals surface area contributed by atoms with Crippen LogP contribution < -0.4 is 5.32 Å². The molecule has 32 heavy (non-hydrogen) atoms. The summed E-state index contributed by atoms with van der Waals surface area (Å²) >= 11 is 5.98. The van der Waals surface area contributed by atoms with E-state index in [-0.39, 0.29) is 35.4 Å². The van der Waals surface area contributed by atoms with Crippen molar-refractivity contribution in [2.24, 2.45) is 0 Å². The average Bonchev–Trinajstić information content (AvgIpc) is 2.81. The molecule has 1 fully saturated rings. The van der Waals surface area contributed by atoms with Gasteiger partial charge in [0.15, 0.2) is 0 Å². The molecule has 0 unspecified atom stereocenters. The lowest BCUT2D eigenvalue weighted by molar-refractivity contribution is -0.132. The molecule has 3 rings (SSSR count). The van der Waals surface area contributed by atoms with Crippen LogP contribution >= 0.6 is 11.6 Å². The van der Waals surface area contributed by atoms with Crippen molar-refractivity contribution in [3.8, 4) is 0 Å². The summed E-state index contributed by atoms with van der Waals surface area (Å²) in [5.74, 6) is -0.808. The first kappa shape index (κ1) is 23.5. The number of amides is 3. The topological polar surface area (TPSA) is 79.0 Å². The van der Waals surface area contributed by atoms with Crippen LogP contribution in [0.25, 0.3) is 0 Å². The van der Waals surface area contributed by atoms with E-state index in [4.69, 9.17) is 16.3 Å². The van der Waals surface area contributed by atoms with Gasteiger partial charge in [-0.25, -0.2) is 9.18 Å². The van der Waals surface area contributed by atoms with Crippen LogP contribution in [0.2, 0.25) is 5.02 Å². The number of carbonyl (C=O) groups is 3. The van der Waals surface area contributed by atoms with Crippen LogP contribution in [0, 0.1) is 5.82 Å². The second-order valence-corrected chi connectivity index (χ2v) is 7.80. The van der Waals surface area contributed by atoms with Gasteiger partial charge >= 0.3 is 6.09 Å². The molecular weight excluding hydrogens is 437 g/mol. The summed E-state index contributed by atoms with van der Waals surface area (Å²) < 4.78 is 18.3. The standard InChI is InChI=1S/C23H25ClFN3O4/c24-20-15-18(25)8-9-19(20)22(30)28-13-11-27(12-14-28)21(29)7-4-10-26-23(31)32-16-17-5-2-1-3-6-17/h1-3,5-6,8-9,15H,4,7,10-14,16H2,(H,26,31). The van der Waals surface area contributed by atoms with Crippen molar-refractivity contribution in [3.05, 3.63) is 70.5 Å². The molecule has 0 atom stereocenters. The number of nitrogens with one attached hydrogen (secondary N) is 1. The van der Waals surface area contributed by atoms with E-state index < -0.39 is 11.9 Å². The van der Waals surface area contributed by atoms with Crippen LogP contribution in [0.3, 0.4) is 0 Å². The fourth-order valence-corrected chi connectivity index (χ4v) is 3.60. The van der Waals surface area contributed by atoms with Crippen molar-refractivity contribution in [3.63, 3.8) is 0 Å². The van der Waals surface area contributed by atoms with Gasteiger partial charge in [0.2, 0.25) is 5.91 Å².